The van der Waals surface area contributed by atoms with Crippen LogP contribution in [0.2, 0.25) is 0 Å². The summed E-state index contributed by atoms with van der Waals surface area (Å²) in [6.07, 6.45) is 6.09. The SMILES string of the molecule is O=C(c1c[nH]c2ccccc12)N1CC[CH]CC1. The van der Waals surface area contributed by atoms with Crippen LogP contribution >= 0.6 is 0 Å². The molecule has 1 aromatic carbocycles. The molecule has 0 saturated carbocycles. The first-order valence-electron chi connectivity index (χ1n) is 6.03. The Morgan fingerprint density at radius 3 is 2.76 bits per heavy atom. The van der Waals surface area contributed by atoms with Gasteiger partial charge in [-0.25, -0.2) is 0 Å². The van der Waals surface area contributed by atoms with Crippen LogP contribution in [0.4, 0.5) is 0 Å². The van der Waals surface area contributed by atoms with Crippen molar-refractivity contribution in [1.29, 1.82) is 0 Å². The molecule has 1 aromatic heterocycles. The van der Waals surface area contributed by atoms with E-state index >= 15 is 0 Å². The lowest BCUT2D eigenvalue weighted by Gasteiger charge is -2.26. The lowest BCUT2D eigenvalue weighted by molar-refractivity contribution is 0.0744. The summed E-state index contributed by atoms with van der Waals surface area (Å²) in [5.74, 6) is 0.149. The maximum Gasteiger partial charge on any atom is 0.256 e. The smallest absolute Gasteiger partial charge is 0.256 e. The highest BCUT2D eigenvalue weighted by Crippen LogP contribution is 2.20. The highest BCUT2D eigenvalue weighted by molar-refractivity contribution is 6.06. The van der Waals surface area contributed by atoms with E-state index < -0.39 is 0 Å². The van der Waals surface area contributed by atoms with E-state index in [1.54, 1.807) is 0 Å². The third kappa shape index (κ3) is 1.82. The molecule has 0 spiro atoms. The van der Waals surface area contributed by atoms with Gasteiger partial charge in [0, 0.05) is 30.2 Å². The van der Waals surface area contributed by atoms with Crippen molar-refractivity contribution in [2.45, 2.75) is 12.8 Å². The van der Waals surface area contributed by atoms with E-state index in [1.807, 2.05) is 35.4 Å². The molecule has 87 valence electrons. The van der Waals surface area contributed by atoms with Gasteiger partial charge in [-0.05, 0) is 25.3 Å². The molecule has 3 heteroatoms. The number of fused-ring (bicyclic) bond motifs is 1. The van der Waals surface area contributed by atoms with Gasteiger partial charge in [-0.3, -0.25) is 4.79 Å². The maximum atomic E-state index is 12.4. The number of rotatable bonds is 1. The maximum absolute atomic E-state index is 12.4. The minimum atomic E-state index is 0.149. The van der Waals surface area contributed by atoms with Crippen molar-refractivity contribution in [1.82, 2.24) is 9.88 Å². The molecule has 1 N–H and O–H groups in total. The summed E-state index contributed by atoms with van der Waals surface area (Å²) in [7, 11) is 0. The van der Waals surface area contributed by atoms with Gasteiger partial charge in [-0.2, -0.15) is 0 Å². The fourth-order valence-corrected chi connectivity index (χ4v) is 2.37. The molecule has 2 heterocycles. The molecule has 1 radical (unpaired) electrons. The minimum absolute atomic E-state index is 0.149. The number of amides is 1. The molecule has 0 aliphatic carbocycles. The second-order valence-electron chi connectivity index (χ2n) is 4.41. The van der Waals surface area contributed by atoms with Gasteiger partial charge >= 0.3 is 0 Å². The van der Waals surface area contributed by atoms with E-state index in [9.17, 15) is 4.79 Å². The molecule has 0 atom stereocenters. The summed E-state index contributed by atoms with van der Waals surface area (Å²) >= 11 is 0. The number of hydrogen-bond acceptors (Lipinski definition) is 1. The standard InChI is InChI=1S/C14H15N2O/c17-14(16-8-4-1-5-9-16)12-10-15-13-7-3-2-6-11(12)13/h1-3,6-7,10,15H,4-5,8-9H2. The molecule has 3 nitrogen and oxygen atoms in total. The first kappa shape index (κ1) is 10.4. The Morgan fingerprint density at radius 2 is 1.94 bits per heavy atom. The lowest BCUT2D eigenvalue weighted by atomic mass is 10.1. The zero-order chi connectivity index (χ0) is 11.7. The Bertz CT molecular complexity index is 538. The van der Waals surface area contributed by atoms with Crippen LogP contribution in [0.3, 0.4) is 0 Å². The van der Waals surface area contributed by atoms with Crippen molar-refractivity contribution in [3.63, 3.8) is 0 Å². The fraction of sp³-hybridized carbons (Fsp3) is 0.286. The quantitative estimate of drug-likeness (QED) is 0.798. The normalized spacial score (nSPS) is 16.4. The van der Waals surface area contributed by atoms with Gasteiger partial charge in [-0.1, -0.05) is 18.2 Å². The zero-order valence-corrected chi connectivity index (χ0v) is 9.65. The number of carbonyl (C=O) groups is 1. The molecule has 1 fully saturated rings. The van der Waals surface area contributed by atoms with Gasteiger partial charge in [0.25, 0.3) is 5.91 Å². The second-order valence-corrected chi connectivity index (χ2v) is 4.41. The highest BCUT2D eigenvalue weighted by atomic mass is 16.2. The van der Waals surface area contributed by atoms with E-state index in [0.29, 0.717) is 0 Å². The third-order valence-electron chi connectivity index (χ3n) is 3.31. The first-order chi connectivity index (χ1) is 8.36. The number of carbonyl (C=O) groups excluding carboxylic acids is 1. The van der Waals surface area contributed by atoms with Crippen LogP contribution in [-0.2, 0) is 0 Å². The van der Waals surface area contributed by atoms with Crippen LogP contribution in [0, 0.1) is 6.42 Å². The molecule has 1 aliphatic rings. The highest BCUT2D eigenvalue weighted by Gasteiger charge is 2.20. The van der Waals surface area contributed by atoms with E-state index in [0.717, 1.165) is 42.4 Å². The van der Waals surface area contributed by atoms with Crippen LogP contribution in [-0.4, -0.2) is 28.9 Å². The molecule has 0 unspecified atom stereocenters. The van der Waals surface area contributed by atoms with Gasteiger partial charge in [-0.15, -0.1) is 0 Å². The number of likely N-dealkylation sites (tertiary alicyclic amines) is 1. The number of benzene rings is 1. The van der Waals surface area contributed by atoms with Gasteiger partial charge in [0.2, 0.25) is 0 Å². The summed E-state index contributed by atoms with van der Waals surface area (Å²) in [4.78, 5) is 17.5. The molecule has 1 aliphatic heterocycles. The number of piperidine rings is 1. The fourth-order valence-electron chi connectivity index (χ4n) is 2.37. The van der Waals surface area contributed by atoms with Crippen molar-refractivity contribution >= 4 is 16.8 Å². The van der Waals surface area contributed by atoms with Crippen molar-refractivity contribution < 1.29 is 4.79 Å². The first-order valence-corrected chi connectivity index (χ1v) is 6.03. The largest absolute Gasteiger partial charge is 0.360 e. The van der Waals surface area contributed by atoms with Crippen LogP contribution in [0.1, 0.15) is 23.2 Å². The Balaban J connectivity index is 1.95. The Hall–Kier alpha value is -1.77. The second kappa shape index (κ2) is 4.24. The van der Waals surface area contributed by atoms with Crippen molar-refractivity contribution in [2.75, 3.05) is 13.1 Å². The van der Waals surface area contributed by atoms with Crippen LogP contribution in [0.5, 0.6) is 0 Å². The number of nitrogens with one attached hydrogen (secondary N) is 1. The van der Waals surface area contributed by atoms with Crippen LogP contribution in [0.15, 0.2) is 30.5 Å². The summed E-state index contributed by atoms with van der Waals surface area (Å²) in [6.45, 7) is 1.69. The van der Waals surface area contributed by atoms with E-state index in [-0.39, 0.29) is 5.91 Å². The Labute approximate surface area is 100 Å². The average molecular weight is 227 g/mol. The van der Waals surface area contributed by atoms with Crippen LogP contribution < -0.4 is 0 Å². The van der Waals surface area contributed by atoms with E-state index in [1.165, 1.54) is 0 Å². The van der Waals surface area contributed by atoms with Gasteiger partial charge in [0.05, 0.1) is 5.56 Å². The lowest BCUT2D eigenvalue weighted by Crippen LogP contribution is -2.35. The summed E-state index contributed by atoms with van der Waals surface area (Å²) in [5.41, 5.74) is 1.82. The number of hydrogen-bond donors (Lipinski definition) is 1. The monoisotopic (exact) mass is 227 g/mol. The Kier molecular flexibility index (Phi) is 2.59. The predicted molar refractivity (Wildman–Crippen MR) is 67.7 cm³/mol. The number of para-hydroxylation sites is 1. The number of aromatic nitrogens is 1. The summed E-state index contributed by atoms with van der Waals surface area (Å²) < 4.78 is 0. The molecule has 1 amide bonds. The van der Waals surface area contributed by atoms with E-state index in [4.69, 9.17) is 0 Å². The molecular formula is C14H15N2O. The topological polar surface area (TPSA) is 36.1 Å². The van der Waals surface area contributed by atoms with Crippen molar-refractivity contribution in [2.24, 2.45) is 0 Å². The summed E-state index contributed by atoms with van der Waals surface area (Å²) in [5, 5.41) is 1.02. The van der Waals surface area contributed by atoms with Gasteiger partial charge in [0.15, 0.2) is 0 Å². The third-order valence-corrected chi connectivity index (χ3v) is 3.31. The van der Waals surface area contributed by atoms with Crippen LogP contribution in [0.25, 0.3) is 10.9 Å². The molecule has 1 saturated heterocycles. The zero-order valence-electron chi connectivity index (χ0n) is 9.65. The molecule has 3 rings (SSSR count). The molecule has 0 bridgehead atoms. The number of aromatic amines is 1. The van der Waals surface area contributed by atoms with Gasteiger partial charge in [0.1, 0.15) is 0 Å². The Morgan fingerprint density at radius 1 is 1.18 bits per heavy atom. The van der Waals surface area contributed by atoms with Crippen molar-refractivity contribution in [3.8, 4) is 0 Å². The van der Waals surface area contributed by atoms with Crippen molar-refractivity contribution in [3.05, 3.63) is 42.4 Å². The average Bonchev–Trinajstić information content (AvgIpc) is 2.83. The predicted octanol–water partition coefficient (Wildman–Crippen LogP) is 2.61. The molecule has 2 aromatic rings. The summed E-state index contributed by atoms with van der Waals surface area (Å²) in [6, 6.07) is 7.94. The minimum Gasteiger partial charge on any atom is -0.360 e. The molecular weight excluding hydrogens is 212 g/mol. The molecule has 17 heavy (non-hydrogen) atoms. The van der Waals surface area contributed by atoms with Gasteiger partial charge < -0.3 is 9.88 Å². The number of H-pyrrole nitrogens is 1. The number of nitrogens with zero attached hydrogens (tertiary/aromatic N) is 1. The van der Waals surface area contributed by atoms with E-state index in [2.05, 4.69) is 11.4 Å².